The number of aromatic nitrogens is 3. The Balaban J connectivity index is 0.00000656. The largest absolute Gasteiger partial charge is 0.507 e. The zero-order valence-electron chi connectivity index (χ0n) is 43.9. The van der Waals surface area contributed by atoms with Crippen LogP contribution in [0.15, 0.2) is 182 Å². The number of phenolic OH excluding ortho intramolecular Hbond substituents is 1. The molecule has 0 aliphatic rings. The van der Waals surface area contributed by atoms with Gasteiger partial charge in [-0.15, -0.1) is 29.3 Å². The van der Waals surface area contributed by atoms with Crippen molar-refractivity contribution in [3.8, 4) is 89.7 Å². The molecule has 10 rings (SSSR count). The molecule has 0 amide bonds. The van der Waals surface area contributed by atoms with Crippen molar-refractivity contribution in [2.75, 3.05) is 0 Å². The normalized spacial score (nSPS) is 12.5. The van der Waals surface area contributed by atoms with Gasteiger partial charge in [0, 0.05) is 42.6 Å². The number of hydrogen-bond acceptors (Lipinski definition) is 3. The van der Waals surface area contributed by atoms with Gasteiger partial charge in [0.2, 0.25) is 0 Å². The molecule has 0 saturated carbocycles. The standard InChI is InChI=1S/C65H58N3O.Pt/c1-41-33-43(3)62(69)57(34-41)63-67-61-54(50-36-51(38-53(37-50)65(7,8)9)58-39-49(31-32-66-58)46-25-23-45(24-26-46)44-17-12-10-13-18-44)21-16-22-59(61)68(63)60-35-42(2)55(40-56(60)47-19-14-11-15-20-47)48-27-29-52(30-28-48)64(4,5)6;/h10-35,37-40,69H,1-9H3;/q-1;/i2D3;. The number of rotatable bonds is 8. The number of fused-ring (bicyclic) bond motifs is 1. The van der Waals surface area contributed by atoms with E-state index in [1.807, 2.05) is 103 Å². The van der Waals surface area contributed by atoms with E-state index in [1.54, 1.807) is 0 Å². The first kappa shape index (κ1) is 44.1. The summed E-state index contributed by atoms with van der Waals surface area (Å²) in [7, 11) is 0. The van der Waals surface area contributed by atoms with Gasteiger partial charge in [-0.3, -0.25) is 9.55 Å². The number of aromatic hydroxyl groups is 1. The van der Waals surface area contributed by atoms with E-state index in [-0.39, 0.29) is 43.2 Å². The number of nitrogens with zero attached hydrogens (tertiary/aromatic N) is 3. The van der Waals surface area contributed by atoms with Crippen LogP contribution < -0.4 is 0 Å². The topological polar surface area (TPSA) is 50.9 Å². The van der Waals surface area contributed by atoms with Crippen molar-refractivity contribution in [2.24, 2.45) is 0 Å². The van der Waals surface area contributed by atoms with E-state index < -0.39 is 6.85 Å². The second-order valence-corrected chi connectivity index (χ2v) is 20.3. The van der Waals surface area contributed by atoms with Crippen LogP contribution in [0.2, 0.25) is 0 Å². The molecule has 0 unspecified atom stereocenters. The molecular weight excluding hydrogens is 1030 g/mol. The fourth-order valence-electron chi connectivity index (χ4n) is 9.41. The first-order valence-electron chi connectivity index (χ1n) is 25.2. The van der Waals surface area contributed by atoms with E-state index in [4.69, 9.17) is 14.1 Å². The maximum absolute atomic E-state index is 12.0. The number of imidazole rings is 1. The molecule has 350 valence electrons. The van der Waals surface area contributed by atoms with Gasteiger partial charge in [0.05, 0.1) is 22.3 Å². The molecule has 10 aromatic rings. The molecule has 8 aromatic carbocycles. The number of pyridine rings is 1. The molecule has 0 aliphatic carbocycles. The quantitative estimate of drug-likeness (QED) is 0.154. The second kappa shape index (κ2) is 19.0. The predicted octanol–water partition coefficient (Wildman–Crippen LogP) is 17.1. The Labute approximate surface area is 432 Å². The first-order valence-corrected chi connectivity index (χ1v) is 23.7. The van der Waals surface area contributed by atoms with Crippen molar-refractivity contribution < 1.29 is 30.3 Å². The molecule has 70 heavy (non-hydrogen) atoms. The van der Waals surface area contributed by atoms with Crippen LogP contribution in [0.4, 0.5) is 0 Å². The van der Waals surface area contributed by atoms with Crippen molar-refractivity contribution in [3.05, 3.63) is 216 Å². The summed E-state index contributed by atoms with van der Waals surface area (Å²) in [5, 5.41) is 12.0. The fraction of sp³-hybridized carbons (Fsp3) is 0.169. The Bertz CT molecular complexity index is 3640. The number of phenols is 1. The van der Waals surface area contributed by atoms with E-state index in [1.165, 1.54) is 5.56 Å². The summed E-state index contributed by atoms with van der Waals surface area (Å²) in [6.07, 6.45) is 1.86. The average Bonchev–Trinajstić information content (AvgIpc) is 3.76. The van der Waals surface area contributed by atoms with Crippen LogP contribution in [-0.2, 0) is 31.9 Å². The summed E-state index contributed by atoms with van der Waals surface area (Å²) in [6.45, 7) is 14.6. The molecule has 0 spiro atoms. The van der Waals surface area contributed by atoms with E-state index in [2.05, 4.69) is 145 Å². The maximum atomic E-state index is 12.0. The van der Waals surface area contributed by atoms with Gasteiger partial charge in [-0.25, -0.2) is 4.98 Å². The zero-order valence-corrected chi connectivity index (χ0v) is 43.2. The summed E-state index contributed by atoms with van der Waals surface area (Å²) < 4.78 is 29.2. The summed E-state index contributed by atoms with van der Waals surface area (Å²) in [5.41, 5.74) is 17.4. The molecule has 0 saturated heterocycles. The number of benzene rings is 8. The molecule has 2 heterocycles. The number of aryl methyl sites for hydroxylation is 3. The third-order valence-electron chi connectivity index (χ3n) is 13.3. The molecule has 0 fully saturated rings. The van der Waals surface area contributed by atoms with Crippen LogP contribution in [0.25, 0.3) is 95.0 Å². The van der Waals surface area contributed by atoms with Gasteiger partial charge in [-0.05, 0) is 123 Å². The molecule has 4 nitrogen and oxygen atoms in total. The van der Waals surface area contributed by atoms with E-state index >= 15 is 0 Å². The molecule has 5 heteroatoms. The van der Waals surface area contributed by atoms with Gasteiger partial charge in [-0.1, -0.05) is 186 Å². The van der Waals surface area contributed by atoms with Gasteiger partial charge >= 0.3 is 0 Å². The zero-order chi connectivity index (χ0) is 50.7. The van der Waals surface area contributed by atoms with Crippen molar-refractivity contribution in [2.45, 2.75) is 73.1 Å². The van der Waals surface area contributed by atoms with Crippen LogP contribution >= 0.6 is 0 Å². The minimum Gasteiger partial charge on any atom is -0.507 e. The average molecular weight is 1100 g/mol. The summed E-state index contributed by atoms with van der Waals surface area (Å²) >= 11 is 0. The van der Waals surface area contributed by atoms with Gasteiger partial charge in [-0.2, -0.15) is 0 Å². The van der Waals surface area contributed by atoms with Crippen LogP contribution in [0.5, 0.6) is 5.75 Å². The molecule has 0 radical (unpaired) electrons. The fourth-order valence-corrected chi connectivity index (χ4v) is 9.41. The van der Waals surface area contributed by atoms with E-state index in [0.29, 0.717) is 33.7 Å². The Hall–Kier alpha value is -7.13. The van der Waals surface area contributed by atoms with Crippen LogP contribution in [0, 0.1) is 26.8 Å². The van der Waals surface area contributed by atoms with Crippen LogP contribution in [-0.4, -0.2) is 19.6 Å². The molecule has 0 atom stereocenters. The van der Waals surface area contributed by atoms with Gasteiger partial charge in [0.15, 0.2) is 0 Å². The Morgan fingerprint density at radius 2 is 1.11 bits per heavy atom. The molecule has 1 N–H and O–H groups in total. The summed E-state index contributed by atoms with van der Waals surface area (Å²) in [5.74, 6) is 0.591. The second-order valence-electron chi connectivity index (χ2n) is 20.3. The van der Waals surface area contributed by atoms with Crippen LogP contribution in [0.1, 0.15) is 73.5 Å². The molecule has 0 aliphatic heterocycles. The van der Waals surface area contributed by atoms with Gasteiger partial charge < -0.3 is 5.11 Å². The minimum atomic E-state index is -2.48. The van der Waals surface area contributed by atoms with E-state index in [0.717, 1.165) is 78.0 Å². The molecule has 2 aromatic heterocycles. The minimum absolute atomic E-state index is 0. The van der Waals surface area contributed by atoms with Crippen molar-refractivity contribution >= 4 is 11.0 Å². The van der Waals surface area contributed by atoms with Crippen LogP contribution in [0.3, 0.4) is 0 Å². The van der Waals surface area contributed by atoms with Gasteiger partial charge in [0.25, 0.3) is 0 Å². The third-order valence-corrected chi connectivity index (χ3v) is 13.3. The predicted molar refractivity (Wildman–Crippen MR) is 289 cm³/mol. The summed E-state index contributed by atoms with van der Waals surface area (Å²) in [6, 6.07) is 63.6. The van der Waals surface area contributed by atoms with E-state index in [9.17, 15) is 5.11 Å². The van der Waals surface area contributed by atoms with Gasteiger partial charge in [0.1, 0.15) is 11.6 Å². The van der Waals surface area contributed by atoms with Crippen molar-refractivity contribution in [1.82, 2.24) is 14.5 Å². The third kappa shape index (κ3) is 9.34. The smallest absolute Gasteiger partial charge is 0.148 e. The Morgan fingerprint density at radius 3 is 1.77 bits per heavy atom. The Kier molecular flexibility index (Phi) is 12.0. The van der Waals surface area contributed by atoms with Crippen molar-refractivity contribution in [1.29, 1.82) is 0 Å². The summed E-state index contributed by atoms with van der Waals surface area (Å²) in [4.78, 5) is 10.5. The first-order chi connectivity index (χ1) is 34.3. The molecular formula is C65H58N3OPt-. The molecule has 0 bridgehead atoms. The SMILES string of the molecule is [2H]C([2H])([2H])c1cc(-n2c(-c3cc(C)cc(C)c3O)nc3c(-c4[c-]c(-c5cc(-c6ccc(-c7ccccc7)cc6)ccn5)cc(C(C)(C)C)c4)cccc32)c(-c2ccccc2)cc1-c1ccc(C(C)(C)C)cc1.[Pt]. The number of hydrogen-bond donors (Lipinski definition) is 1. The number of para-hydroxylation sites is 1. The maximum Gasteiger partial charge on any atom is 0.148 e. The monoisotopic (exact) mass is 1090 g/mol. The Morgan fingerprint density at radius 1 is 0.514 bits per heavy atom. The van der Waals surface area contributed by atoms with Crippen molar-refractivity contribution in [3.63, 3.8) is 0 Å².